The molecule has 0 unspecified atom stereocenters. The van der Waals surface area contributed by atoms with Crippen molar-refractivity contribution in [3.63, 3.8) is 0 Å². The Labute approximate surface area is 157 Å². The molecule has 4 nitrogen and oxygen atoms in total. The average molecular weight is 403 g/mol. The molecule has 0 spiro atoms. The van der Waals surface area contributed by atoms with E-state index < -0.39 is 0 Å². The molecule has 1 heterocycles. The number of halogens is 1. The molecular weight excluding hydrogens is 380 g/mol. The van der Waals surface area contributed by atoms with Gasteiger partial charge < -0.3 is 10.1 Å². The lowest BCUT2D eigenvalue weighted by atomic mass is 10.1. The third-order valence-corrected chi connectivity index (χ3v) is 4.89. The van der Waals surface area contributed by atoms with Crippen molar-refractivity contribution < 1.29 is 9.53 Å². The van der Waals surface area contributed by atoms with Gasteiger partial charge in [-0.1, -0.05) is 58.4 Å². The van der Waals surface area contributed by atoms with Crippen molar-refractivity contribution in [1.29, 1.82) is 0 Å². The van der Waals surface area contributed by atoms with Crippen LogP contribution in [0, 0.1) is 0 Å². The van der Waals surface area contributed by atoms with Crippen LogP contribution in [0.5, 0.6) is 0 Å². The van der Waals surface area contributed by atoms with Gasteiger partial charge in [-0.3, -0.25) is 9.69 Å². The van der Waals surface area contributed by atoms with Crippen molar-refractivity contribution in [2.75, 3.05) is 32.8 Å². The number of ether oxygens (including phenoxy) is 1. The highest BCUT2D eigenvalue weighted by Crippen LogP contribution is 2.16. The van der Waals surface area contributed by atoms with E-state index in [9.17, 15) is 4.79 Å². The van der Waals surface area contributed by atoms with Gasteiger partial charge in [0.1, 0.15) is 0 Å². The molecule has 1 N–H and O–H groups in total. The number of hydrogen-bond donors (Lipinski definition) is 1. The maximum atomic E-state index is 12.6. The minimum atomic E-state index is -0.0118. The van der Waals surface area contributed by atoms with E-state index >= 15 is 0 Å². The van der Waals surface area contributed by atoms with Gasteiger partial charge in [0.25, 0.3) is 0 Å². The molecule has 0 radical (unpaired) electrons. The molecule has 0 bridgehead atoms. The molecule has 1 saturated heterocycles. The molecule has 2 aromatic carbocycles. The van der Waals surface area contributed by atoms with Crippen LogP contribution in [0.25, 0.3) is 0 Å². The van der Waals surface area contributed by atoms with Crippen molar-refractivity contribution in [3.8, 4) is 0 Å². The Morgan fingerprint density at radius 3 is 2.44 bits per heavy atom. The fourth-order valence-electron chi connectivity index (χ4n) is 2.99. The molecule has 3 rings (SSSR count). The molecule has 1 aliphatic heterocycles. The van der Waals surface area contributed by atoms with Gasteiger partial charge in [0, 0.05) is 24.1 Å². The smallest absolute Gasteiger partial charge is 0.224 e. The number of benzene rings is 2. The lowest BCUT2D eigenvalue weighted by Crippen LogP contribution is -2.43. The van der Waals surface area contributed by atoms with Crippen LogP contribution < -0.4 is 5.32 Å². The minimum absolute atomic E-state index is 0.0118. The number of hydrogen-bond acceptors (Lipinski definition) is 3. The lowest BCUT2D eigenvalue weighted by Gasteiger charge is -2.31. The lowest BCUT2D eigenvalue weighted by molar-refractivity contribution is -0.121. The van der Waals surface area contributed by atoms with Crippen molar-refractivity contribution >= 4 is 21.8 Å². The number of nitrogens with zero attached hydrogens (tertiary/aromatic N) is 1. The summed E-state index contributed by atoms with van der Waals surface area (Å²) in [6.07, 6.45) is 0.389. The monoisotopic (exact) mass is 402 g/mol. The van der Waals surface area contributed by atoms with E-state index in [1.807, 2.05) is 42.5 Å². The van der Waals surface area contributed by atoms with E-state index in [2.05, 4.69) is 38.3 Å². The summed E-state index contributed by atoms with van der Waals surface area (Å²) >= 11 is 3.42. The van der Waals surface area contributed by atoms with Crippen LogP contribution in [0.15, 0.2) is 59.1 Å². The maximum Gasteiger partial charge on any atom is 0.224 e. The summed E-state index contributed by atoms with van der Waals surface area (Å²) in [7, 11) is 0. The fourth-order valence-corrected chi connectivity index (χ4v) is 3.26. The summed E-state index contributed by atoms with van der Waals surface area (Å²) in [4.78, 5) is 14.9. The topological polar surface area (TPSA) is 41.6 Å². The zero-order valence-corrected chi connectivity index (χ0v) is 15.7. The summed E-state index contributed by atoms with van der Waals surface area (Å²) in [5, 5.41) is 3.21. The van der Waals surface area contributed by atoms with Crippen LogP contribution in [0.2, 0.25) is 0 Å². The van der Waals surface area contributed by atoms with E-state index in [1.165, 1.54) is 0 Å². The Morgan fingerprint density at radius 2 is 1.76 bits per heavy atom. The maximum absolute atomic E-state index is 12.6. The molecule has 132 valence electrons. The first kappa shape index (κ1) is 18.1. The molecule has 2 aromatic rings. The molecule has 1 aliphatic rings. The Bertz CT molecular complexity index is 670. The summed E-state index contributed by atoms with van der Waals surface area (Å²) in [5.41, 5.74) is 2.15. The number of amides is 1. The summed E-state index contributed by atoms with van der Waals surface area (Å²) in [5.74, 6) is 0.0458. The number of nitrogens with one attached hydrogen (secondary N) is 1. The average Bonchev–Trinajstić information content (AvgIpc) is 2.65. The van der Waals surface area contributed by atoms with Gasteiger partial charge in [-0.15, -0.1) is 0 Å². The molecular formula is C20H23BrN2O2. The molecule has 0 saturated carbocycles. The van der Waals surface area contributed by atoms with Crippen molar-refractivity contribution in [1.82, 2.24) is 10.2 Å². The van der Waals surface area contributed by atoms with E-state index in [1.54, 1.807) is 0 Å². The van der Waals surface area contributed by atoms with Crippen molar-refractivity contribution in [2.24, 2.45) is 0 Å². The van der Waals surface area contributed by atoms with Crippen LogP contribution in [0.3, 0.4) is 0 Å². The van der Waals surface area contributed by atoms with Gasteiger partial charge in [0.05, 0.1) is 25.7 Å². The van der Waals surface area contributed by atoms with Crippen LogP contribution in [-0.4, -0.2) is 43.7 Å². The summed E-state index contributed by atoms with van der Waals surface area (Å²) in [6, 6.07) is 18.0. The highest BCUT2D eigenvalue weighted by molar-refractivity contribution is 9.10. The number of carbonyl (C=O) groups excluding carboxylic acids is 1. The Hall–Kier alpha value is -1.69. The predicted molar refractivity (Wildman–Crippen MR) is 102 cm³/mol. The fraction of sp³-hybridized carbons (Fsp3) is 0.350. The third-order valence-electron chi connectivity index (χ3n) is 4.36. The van der Waals surface area contributed by atoms with Crippen LogP contribution in [0.1, 0.15) is 17.2 Å². The predicted octanol–water partition coefficient (Wildman–Crippen LogP) is 3.18. The Kier molecular flexibility index (Phi) is 6.62. The second kappa shape index (κ2) is 9.13. The van der Waals surface area contributed by atoms with Gasteiger partial charge in [-0.05, 0) is 23.3 Å². The van der Waals surface area contributed by atoms with Crippen molar-refractivity contribution in [2.45, 2.75) is 12.5 Å². The quantitative estimate of drug-likeness (QED) is 0.806. The van der Waals surface area contributed by atoms with Gasteiger partial charge in [-0.2, -0.15) is 0 Å². The zero-order valence-electron chi connectivity index (χ0n) is 14.2. The number of rotatable bonds is 6. The van der Waals surface area contributed by atoms with Crippen molar-refractivity contribution in [3.05, 3.63) is 70.2 Å². The largest absolute Gasteiger partial charge is 0.379 e. The first-order valence-electron chi connectivity index (χ1n) is 8.59. The molecule has 0 aliphatic carbocycles. The number of morpholine rings is 1. The molecule has 1 fully saturated rings. The van der Waals surface area contributed by atoms with E-state index in [0.29, 0.717) is 6.42 Å². The second-order valence-corrected chi connectivity index (χ2v) is 7.16. The van der Waals surface area contributed by atoms with E-state index in [4.69, 9.17) is 4.74 Å². The van der Waals surface area contributed by atoms with Crippen LogP contribution in [0.4, 0.5) is 0 Å². The van der Waals surface area contributed by atoms with Crippen LogP contribution in [-0.2, 0) is 16.0 Å². The minimum Gasteiger partial charge on any atom is -0.379 e. The van der Waals surface area contributed by atoms with Gasteiger partial charge >= 0.3 is 0 Å². The summed E-state index contributed by atoms with van der Waals surface area (Å²) < 4.78 is 6.44. The van der Waals surface area contributed by atoms with E-state index in [0.717, 1.165) is 48.4 Å². The molecule has 0 aromatic heterocycles. The molecule has 1 atom stereocenters. The highest BCUT2D eigenvalue weighted by atomic mass is 79.9. The number of carbonyl (C=O) groups is 1. The SMILES string of the molecule is O=C(Cc1ccc(Br)cc1)N[C@H](CN1CCOCC1)c1ccccc1. The van der Waals surface area contributed by atoms with Gasteiger partial charge in [0.15, 0.2) is 0 Å². The molecule has 5 heteroatoms. The Balaban J connectivity index is 1.65. The molecule has 25 heavy (non-hydrogen) atoms. The third kappa shape index (κ3) is 5.66. The van der Waals surface area contributed by atoms with Gasteiger partial charge in [-0.25, -0.2) is 0 Å². The van der Waals surface area contributed by atoms with Gasteiger partial charge in [0.2, 0.25) is 5.91 Å². The van der Waals surface area contributed by atoms with Crippen LogP contribution >= 0.6 is 15.9 Å². The standard InChI is InChI=1S/C20H23BrN2O2/c21-18-8-6-16(7-9-18)14-20(24)22-19(17-4-2-1-3-5-17)15-23-10-12-25-13-11-23/h1-9,19H,10-15H2,(H,22,24)/t19-/m1/s1. The first-order chi connectivity index (χ1) is 12.2. The summed E-state index contributed by atoms with van der Waals surface area (Å²) in [6.45, 7) is 4.14. The first-order valence-corrected chi connectivity index (χ1v) is 9.39. The Morgan fingerprint density at radius 1 is 1.08 bits per heavy atom. The van der Waals surface area contributed by atoms with E-state index in [-0.39, 0.29) is 11.9 Å². The second-order valence-electron chi connectivity index (χ2n) is 6.25. The highest BCUT2D eigenvalue weighted by Gasteiger charge is 2.20. The normalized spacial score (nSPS) is 16.4. The zero-order chi connectivity index (χ0) is 17.5. The molecule has 1 amide bonds.